The zero-order valence-corrected chi connectivity index (χ0v) is 19.1. The molecule has 0 spiro atoms. The molecule has 0 aliphatic heterocycles. The highest BCUT2D eigenvalue weighted by Crippen LogP contribution is 2.36. The van der Waals surface area contributed by atoms with E-state index in [-0.39, 0.29) is 11.9 Å². The van der Waals surface area contributed by atoms with E-state index < -0.39 is 14.9 Å². The number of aryl methyl sites for hydroxylation is 1. The number of carbonyl (C=O) groups is 1. The van der Waals surface area contributed by atoms with Gasteiger partial charge in [-0.2, -0.15) is 10.5 Å². The molecular formula is C20H24Br2N2O3. The van der Waals surface area contributed by atoms with Crippen LogP contribution in [0.1, 0.15) is 49.5 Å². The van der Waals surface area contributed by atoms with Crippen LogP contribution in [0, 0.1) is 28.6 Å². The zero-order valence-electron chi connectivity index (χ0n) is 16.0. The van der Waals surface area contributed by atoms with E-state index in [1.165, 1.54) is 7.11 Å². The van der Waals surface area contributed by atoms with E-state index in [0.717, 1.165) is 18.4 Å². The molecule has 0 bridgehead atoms. The van der Waals surface area contributed by atoms with E-state index in [4.69, 9.17) is 9.47 Å². The lowest BCUT2D eigenvalue weighted by Crippen LogP contribution is -2.35. The van der Waals surface area contributed by atoms with Gasteiger partial charge in [-0.3, -0.25) is 0 Å². The molecule has 0 saturated carbocycles. The zero-order chi connectivity index (χ0) is 20.7. The van der Waals surface area contributed by atoms with Crippen LogP contribution in [0.4, 0.5) is 0 Å². The van der Waals surface area contributed by atoms with Gasteiger partial charge >= 0.3 is 5.97 Å². The molecule has 1 aromatic rings. The number of nitriles is 2. The molecule has 0 aliphatic carbocycles. The highest BCUT2D eigenvalue weighted by atomic mass is 79.9. The van der Waals surface area contributed by atoms with Gasteiger partial charge in [-0.25, -0.2) is 4.79 Å². The molecule has 2 unspecified atom stereocenters. The minimum absolute atomic E-state index is 0.335. The summed E-state index contributed by atoms with van der Waals surface area (Å²) in [6.45, 7) is 5.50. The molecule has 27 heavy (non-hydrogen) atoms. The molecule has 0 amide bonds. The van der Waals surface area contributed by atoms with Crippen molar-refractivity contribution in [3.05, 3.63) is 35.4 Å². The number of carbonyl (C=O) groups excluding carboxylic acids is 1. The molecule has 1 aromatic carbocycles. The van der Waals surface area contributed by atoms with E-state index in [2.05, 4.69) is 31.9 Å². The van der Waals surface area contributed by atoms with Crippen molar-refractivity contribution in [2.45, 2.75) is 55.0 Å². The predicted molar refractivity (Wildman–Crippen MR) is 111 cm³/mol. The molecule has 2 atom stereocenters. The molecule has 0 fully saturated rings. The van der Waals surface area contributed by atoms with Crippen molar-refractivity contribution in [1.29, 1.82) is 10.5 Å². The Morgan fingerprint density at radius 2 is 1.74 bits per heavy atom. The summed E-state index contributed by atoms with van der Waals surface area (Å²) in [6.07, 6.45) is 2.14. The Kier molecular flexibility index (Phi) is 8.94. The van der Waals surface area contributed by atoms with Crippen molar-refractivity contribution in [2.24, 2.45) is 5.92 Å². The van der Waals surface area contributed by atoms with Crippen molar-refractivity contribution in [3.63, 3.8) is 0 Å². The third-order valence-corrected chi connectivity index (χ3v) is 5.90. The van der Waals surface area contributed by atoms with Gasteiger partial charge in [0.1, 0.15) is 10.6 Å². The molecule has 1 rings (SSSR count). The lowest BCUT2D eigenvalue weighted by molar-refractivity contribution is 0.00695. The number of hydrogen-bond acceptors (Lipinski definition) is 5. The van der Waals surface area contributed by atoms with Gasteiger partial charge in [0, 0.05) is 13.0 Å². The molecule has 7 heteroatoms. The largest absolute Gasteiger partial charge is 0.456 e. The molecule has 0 aromatic heterocycles. The van der Waals surface area contributed by atoms with Crippen LogP contribution in [0.2, 0.25) is 0 Å². The van der Waals surface area contributed by atoms with Crippen molar-refractivity contribution in [2.75, 3.05) is 7.11 Å². The van der Waals surface area contributed by atoms with Crippen molar-refractivity contribution in [1.82, 2.24) is 0 Å². The van der Waals surface area contributed by atoms with Crippen LogP contribution in [-0.2, 0) is 15.9 Å². The second kappa shape index (κ2) is 10.2. The van der Waals surface area contributed by atoms with Gasteiger partial charge in [0.15, 0.2) is 0 Å². The smallest absolute Gasteiger partial charge is 0.338 e. The molecule has 0 heterocycles. The maximum absolute atomic E-state index is 12.1. The molecule has 0 radical (unpaired) electrons. The number of rotatable bonds is 8. The number of methoxy groups -OCH3 is 1. The van der Waals surface area contributed by atoms with Crippen LogP contribution in [0.25, 0.3) is 0 Å². The van der Waals surface area contributed by atoms with Gasteiger partial charge in [0.05, 0.1) is 17.7 Å². The van der Waals surface area contributed by atoms with Gasteiger partial charge in [0.2, 0.25) is 4.32 Å². The summed E-state index contributed by atoms with van der Waals surface area (Å²) in [5.41, 5.74) is 1.06. The molecule has 146 valence electrons. The van der Waals surface area contributed by atoms with Crippen molar-refractivity contribution in [3.8, 4) is 12.1 Å². The maximum atomic E-state index is 12.1. The number of esters is 1. The van der Waals surface area contributed by atoms with Gasteiger partial charge in [-0.1, -0.05) is 44.0 Å². The normalized spacial score (nSPS) is 13.9. The fraction of sp³-hybridized carbons (Fsp3) is 0.550. The summed E-state index contributed by atoms with van der Waals surface area (Å²) >= 11 is 6.63. The summed E-state index contributed by atoms with van der Waals surface area (Å²) in [7, 11) is 1.53. The average Bonchev–Trinajstić information content (AvgIpc) is 2.63. The van der Waals surface area contributed by atoms with E-state index >= 15 is 0 Å². The topological polar surface area (TPSA) is 83.1 Å². The Hall–Kier alpha value is -1.41. The Labute approximate surface area is 177 Å². The van der Waals surface area contributed by atoms with E-state index in [1.54, 1.807) is 12.1 Å². The van der Waals surface area contributed by atoms with Crippen molar-refractivity contribution < 1.29 is 14.3 Å². The summed E-state index contributed by atoms with van der Waals surface area (Å²) in [5.74, 6) is -0.679. The average molecular weight is 500 g/mol. The highest BCUT2D eigenvalue weighted by molar-refractivity contribution is 9.10. The first-order chi connectivity index (χ1) is 12.6. The predicted octanol–water partition coefficient (Wildman–Crippen LogP) is 5.13. The Balaban J connectivity index is 2.71. The third-order valence-electron chi connectivity index (χ3n) is 3.95. The lowest BCUT2D eigenvalue weighted by Gasteiger charge is -2.27. The number of hydrogen-bond donors (Lipinski definition) is 0. The standard InChI is InChI=1S/C20H24Br2N2O3/c1-19(2,3)27-18(25)15-10-8-14(9-11-15)6-5-7-16(17(21)26-4)20(22,12-23)13-24/h8-11,16-17H,5-7H2,1-4H3. The number of halogens is 2. The van der Waals surface area contributed by atoms with Crippen LogP contribution in [0.15, 0.2) is 24.3 Å². The van der Waals surface area contributed by atoms with Crippen LogP contribution < -0.4 is 0 Å². The fourth-order valence-corrected chi connectivity index (χ4v) is 4.02. The third kappa shape index (κ3) is 7.25. The Morgan fingerprint density at radius 1 is 1.19 bits per heavy atom. The number of alkyl halides is 2. The SMILES string of the molecule is COC(Br)C(CCCc1ccc(C(=O)OC(C)(C)C)cc1)C(Br)(C#N)C#N. The molecular weight excluding hydrogens is 476 g/mol. The lowest BCUT2D eigenvalue weighted by atomic mass is 9.89. The summed E-state index contributed by atoms with van der Waals surface area (Å²) < 4.78 is 9.32. The molecule has 0 N–H and O–H groups in total. The Bertz CT molecular complexity index is 701. The Morgan fingerprint density at radius 3 is 2.19 bits per heavy atom. The monoisotopic (exact) mass is 498 g/mol. The van der Waals surface area contributed by atoms with Crippen LogP contribution in [0.3, 0.4) is 0 Å². The van der Waals surface area contributed by atoms with Gasteiger partial charge in [0.25, 0.3) is 0 Å². The van der Waals surface area contributed by atoms with Crippen LogP contribution in [-0.4, -0.2) is 28.0 Å². The van der Waals surface area contributed by atoms with E-state index in [1.807, 2.05) is 45.0 Å². The molecule has 0 saturated heterocycles. The first-order valence-electron chi connectivity index (χ1n) is 8.57. The minimum atomic E-state index is -1.31. The second-order valence-electron chi connectivity index (χ2n) is 7.22. The number of benzene rings is 1. The first-order valence-corrected chi connectivity index (χ1v) is 10.3. The van der Waals surface area contributed by atoms with Crippen LogP contribution >= 0.6 is 31.9 Å². The van der Waals surface area contributed by atoms with E-state index in [0.29, 0.717) is 12.0 Å². The first kappa shape index (κ1) is 23.6. The van der Waals surface area contributed by atoms with Crippen molar-refractivity contribution >= 4 is 37.8 Å². The molecule has 0 aliphatic rings. The number of nitrogens with zero attached hydrogens (tertiary/aromatic N) is 2. The second-order valence-corrected chi connectivity index (χ2v) is 9.37. The van der Waals surface area contributed by atoms with Gasteiger partial charge < -0.3 is 9.47 Å². The van der Waals surface area contributed by atoms with Crippen LogP contribution in [0.5, 0.6) is 0 Å². The summed E-state index contributed by atoms with van der Waals surface area (Å²) in [6, 6.07) is 11.3. The highest BCUT2D eigenvalue weighted by Gasteiger charge is 2.41. The molecule has 5 nitrogen and oxygen atoms in total. The summed E-state index contributed by atoms with van der Waals surface area (Å²) in [4.78, 5) is 12.1. The fourth-order valence-electron chi connectivity index (χ4n) is 2.54. The van der Waals surface area contributed by atoms with Gasteiger partial charge in [-0.05, 0) is 57.7 Å². The quantitative estimate of drug-likeness (QED) is 0.365. The van der Waals surface area contributed by atoms with Gasteiger partial charge in [-0.15, -0.1) is 0 Å². The maximum Gasteiger partial charge on any atom is 0.338 e. The minimum Gasteiger partial charge on any atom is -0.456 e. The van der Waals surface area contributed by atoms with E-state index in [9.17, 15) is 15.3 Å². The summed E-state index contributed by atoms with van der Waals surface area (Å²) in [5, 5.41) is 18.3. The number of ether oxygens (including phenoxy) is 2.